The second-order valence-electron chi connectivity index (χ2n) is 3.92. The third-order valence-electron chi connectivity index (χ3n) is 2.65. The van der Waals surface area contributed by atoms with Gasteiger partial charge >= 0.3 is 0 Å². The van der Waals surface area contributed by atoms with E-state index >= 15 is 0 Å². The number of carbonyl (C=O) groups is 1. The summed E-state index contributed by atoms with van der Waals surface area (Å²) in [6.07, 6.45) is 0. The van der Waals surface area contributed by atoms with Crippen LogP contribution in [-0.4, -0.2) is 51.3 Å². The molecule has 0 spiro atoms. The number of methoxy groups -OCH3 is 2. The summed E-state index contributed by atoms with van der Waals surface area (Å²) in [5, 5.41) is 0. The van der Waals surface area contributed by atoms with E-state index in [-0.39, 0.29) is 11.7 Å². The third kappa shape index (κ3) is 4.18. The first-order chi connectivity index (χ1) is 9.13. The summed E-state index contributed by atoms with van der Waals surface area (Å²) in [5.41, 5.74) is 5.84. The minimum Gasteiger partial charge on any atom is -0.494 e. The number of amides is 1. The van der Waals surface area contributed by atoms with Crippen LogP contribution in [0.25, 0.3) is 0 Å². The Bertz CT molecular complexity index is 426. The molecule has 106 valence electrons. The summed E-state index contributed by atoms with van der Waals surface area (Å²) in [4.78, 5) is 13.8. The van der Waals surface area contributed by atoms with Gasteiger partial charge in [0.25, 0.3) is 5.91 Å². The van der Waals surface area contributed by atoms with Crippen molar-refractivity contribution in [3.05, 3.63) is 29.6 Å². The van der Waals surface area contributed by atoms with Crippen LogP contribution in [0.5, 0.6) is 5.75 Å². The average Bonchev–Trinajstić information content (AvgIpc) is 2.43. The third-order valence-corrected chi connectivity index (χ3v) is 2.65. The van der Waals surface area contributed by atoms with Crippen molar-refractivity contribution in [1.82, 2.24) is 4.90 Å². The van der Waals surface area contributed by atoms with Crippen LogP contribution in [0.3, 0.4) is 0 Å². The molecule has 6 heteroatoms. The quantitative estimate of drug-likeness (QED) is 0.799. The van der Waals surface area contributed by atoms with Gasteiger partial charge in [0.2, 0.25) is 0 Å². The van der Waals surface area contributed by atoms with E-state index in [0.29, 0.717) is 31.8 Å². The number of benzene rings is 1. The van der Waals surface area contributed by atoms with Crippen molar-refractivity contribution in [2.24, 2.45) is 5.73 Å². The lowest BCUT2D eigenvalue weighted by Gasteiger charge is -2.21. The Labute approximate surface area is 112 Å². The summed E-state index contributed by atoms with van der Waals surface area (Å²) in [6.45, 7) is 1.63. The van der Waals surface area contributed by atoms with Gasteiger partial charge in [0.05, 0.1) is 13.7 Å². The average molecular weight is 270 g/mol. The highest BCUT2D eigenvalue weighted by Gasteiger charge is 2.16. The molecule has 0 aliphatic rings. The van der Waals surface area contributed by atoms with Crippen molar-refractivity contribution in [2.45, 2.75) is 0 Å². The van der Waals surface area contributed by atoms with Gasteiger partial charge in [-0.05, 0) is 18.2 Å². The van der Waals surface area contributed by atoms with Crippen molar-refractivity contribution in [3.63, 3.8) is 0 Å². The van der Waals surface area contributed by atoms with Crippen LogP contribution < -0.4 is 10.5 Å². The van der Waals surface area contributed by atoms with Crippen molar-refractivity contribution in [1.29, 1.82) is 0 Å². The Morgan fingerprint density at radius 3 is 2.68 bits per heavy atom. The number of hydrogen-bond donors (Lipinski definition) is 1. The van der Waals surface area contributed by atoms with Crippen LogP contribution in [0.2, 0.25) is 0 Å². The molecule has 0 radical (unpaired) electrons. The molecule has 0 atom stereocenters. The van der Waals surface area contributed by atoms with Gasteiger partial charge in [0.1, 0.15) is 0 Å². The molecule has 0 heterocycles. The van der Waals surface area contributed by atoms with Crippen molar-refractivity contribution >= 4 is 5.91 Å². The molecule has 0 aromatic heterocycles. The van der Waals surface area contributed by atoms with Gasteiger partial charge in [-0.2, -0.15) is 0 Å². The monoisotopic (exact) mass is 270 g/mol. The fourth-order valence-electron chi connectivity index (χ4n) is 1.65. The number of nitrogens with two attached hydrogens (primary N) is 1. The molecule has 0 bridgehead atoms. The molecule has 0 unspecified atom stereocenters. The Morgan fingerprint density at radius 2 is 2.11 bits per heavy atom. The zero-order valence-electron chi connectivity index (χ0n) is 11.2. The Morgan fingerprint density at radius 1 is 1.37 bits per heavy atom. The van der Waals surface area contributed by atoms with Crippen LogP contribution in [-0.2, 0) is 4.74 Å². The summed E-state index contributed by atoms with van der Waals surface area (Å²) in [5.74, 6) is -0.674. The largest absolute Gasteiger partial charge is 0.494 e. The highest BCUT2D eigenvalue weighted by molar-refractivity contribution is 5.94. The molecule has 0 aliphatic heterocycles. The van der Waals surface area contributed by atoms with Gasteiger partial charge in [0, 0.05) is 32.3 Å². The van der Waals surface area contributed by atoms with Crippen LogP contribution in [0, 0.1) is 5.82 Å². The standard InChI is InChI=1S/C13H19FN2O3/c1-18-8-7-16(6-5-15)13(17)10-3-4-11(14)12(9-10)19-2/h3-4,9H,5-8,15H2,1-2H3. The maximum atomic E-state index is 13.3. The first-order valence-corrected chi connectivity index (χ1v) is 5.95. The maximum Gasteiger partial charge on any atom is 0.254 e. The van der Waals surface area contributed by atoms with E-state index in [1.165, 1.54) is 25.3 Å². The lowest BCUT2D eigenvalue weighted by molar-refractivity contribution is 0.0701. The molecule has 1 aromatic carbocycles. The van der Waals surface area contributed by atoms with Gasteiger partial charge in [-0.3, -0.25) is 4.79 Å². The van der Waals surface area contributed by atoms with Crippen molar-refractivity contribution in [3.8, 4) is 5.75 Å². The van der Waals surface area contributed by atoms with Crippen molar-refractivity contribution in [2.75, 3.05) is 40.5 Å². The summed E-state index contributed by atoms with van der Waals surface area (Å²) < 4.78 is 23.1. The molecule has 0 saturated heterocycles. The van der Waals surface area contributed by atoms with Gasteiger partial charge in [0.15, 0.2) is 11.6 Å². The number of carbonyl (C=O) groups excluding carboxylic acids is 1. The van der Waals surface area contributed by atoms with Crippen molar-refractivity contribution < 1.29 is 18.7 Å². The number of nitrogens with zero attached hydrogens (tertiary/aromatic N) is 1. The first-order valence-electron chi connectivity index (χ1n) is 5.95. The van der Waals surface area contributed by atoms with E-state index in [0.717, 1.165) is 0 Å². The second kappa shape index (κ2) is 7.70. The maximum absolute atomic E-state index is 13.3. The van der Waals surface area contributed by atoms with Crippen LogP contribution >= 0.6 is 0 Å². The number of hydrogen-bond acceptors (Lipinski definition) is 4. The van der Waals surface area contributed by atoms with E-state index in [1.54, 1.807) is 12.0 Å². The highest BCUT2D eigenvalue weighted by Crippen LogP contribution is 2.19. The molecule has 5 nitrogen and oxygen atoms in total. The Kier molecular flexibility index (Phi) is 6.24. The van der Waals surface area contributed by atoms with E-state index in [9.17, 15) is 9.18 Å². The number of ether oxygens (including phenoxy) is 2. The summed E-state index contributed by atoms with van der Waals surface area (Å²) in [6, 6.07) is 4.02. The van der Waals surface area contributed by atoms with Gasteiger partial charge in [-0.15, -0.1) is 0 Å². The zero-order valence-corrected chi connectivity index (χ0v) is 11.2. The van der Waals surface area contributed by atoms with Crippen LogP contribution in [0.4, 0.5) is 4.39 Å². The highest BCUT2D eigenvalue weighted by atomic mass is 19.1. The first kappa shape index (κ1) is 15.4. The van der Waals surface area contributed by atoms with Crippen LogP contribution in [0.1, 0.15) is 10.4 Å². The smallest absolute Gasteiger partial charge is 0.254 e. The Balaban J connectivity index is 2.88. The fourth-order valence-corrected chi connectivity index (χ4v) is 1.65. The van der Waals surface area contributed by atoms with E-state index in [1.807, 2.05) is 0 Å². The normalized spacial score (nSPS) is 10.3. The molecule has 0 aliphatic carbocycles. The number of halogens is 1. The van der Waals surface area contributed by atoms with Crippen LogP contribution in [0.15, 0.2) is 18.2 Å². The summed E-state index contributed by atoms with van der Waals surface area (Å²) in [7, 11) is 2.92. The zero-order chi connectivity index (χ0) is 14.3. The van der Waals surface area contributed by atoms with Gasteiger partial charge in [-0.1, -0.05) is 0 Å². The second-order valence-corrected chi connectivity index (χ2v) is 3.92. The molecule has 1 aromatic rings. The molecule has 0 saturated carbocycles. The predicted octanol–water partition coefficient (Wildman–Crippen LogP) is 0.882. The minimum absolute atomic E-state index is 0.0466. The predicted molar refractivity (Wildman–Crippen MR) is 69.8 cm³/mol. The summed E-state index contributed by atoms with van der Waals surface area (Å²) >= 11 is 0. The molecule has 2 N–H and O–H groups in total. The SMILES string of the molecule is COCCN(CCN)C(=O)c1ccc(F)c(OC)c1. The molecular formula is C13H19FN2O3. The molecule has 0 fully saturated rings. The van der Waals surface area contributed by atoms with E-state index in [4.69, 9.17) is 15.2 Å². The molecule has 19 heavy (non-hydrogen) atoms. The van der Waals surface area contributed by atoms with E-state index < -0.39 is 5.82 Å². The fraction of sp³-hybridized carbons (Fsp3) is 0.462. The topological polar surface area (TPSA) is 64.8 Å². The molecular weight excluding hydrogens is 251 g/mol. The molecule has 1 rings (SSSR count). The van der Waals surface area contributed by atoms with E-state index in [2.05, 4.69) is 0 Å². The Hall–Kier alpha value is -1.66. The molecule has 1 amide bonds. The lowest BCUT2D eigenvalue weighted by atomic mass is 10.1. The van der Waals surface area contributed by atoms with Gasteiger partial charge in [-0.25, -0.2) is 4.39 Å². The minimum atomic E-state index is -0.499. The van der Waals surface area contributed by atoms with Gasteiger partial charge < -0.3 is 20.1 Å². The number of rotatable bonds is 7. The lowest BCUT2D eigenvalue weighted by Crippen LogP contribution is -2.37.